The Morgan fingerprint density at radius 3 is 2.24 bits per heavy atom. The number of rotatable bonds is 21. The van der Waals surface area contributed by atoms with Crippen LogP contribution in [0.3, 0.4) is 0 Å². The van der Waals surface area contributed by atoms with Crippen molar-refractivity contribution in [2.24, 2.45) is 5.92 Å². The predicted octanol–water partition coefficient (Wildman–Crippen LogP) is 2.62. The second kappa shape index (κ2) is 19.6. The van der Waals surface area contributed by atoms with Gasteiger partial charge in [0.2, 0.25) is 11.8 Å². The third-order valence-electron chi connectivity index (χ3n) is 7.11. The number of carbonyl (C=O) groups excluding carboxylic acids is 2. The van der Waals surface area contributed by atoms with Crippen LogP contribution in [0.4, 0.5) is 0 Å². The van der Waals surface area contributed by atoms with Crippen molar-refractivity contribution in [1.82, 2.24) is 19.7 Å². The minimum absolute atomic E-state index is 0.148. The summed E-state index contributed by atoms with van der Waals surface area (Å²) in [7, 11) is -3.61. The lowest BCUT2D eigenvalue weighted by atomic mass is 9.95. The zero-order valence-corrected chi connectivity index (χ0v) is 25.1. The zero-order valence-electron chi connectivity index (χ0n) is 24.3. The van der Waals surface area contributed by atoms with Crippen molar-refractivity contribution < 1.29 is 32.6 Å². The van der Waals surface area contributed by atoms with E-state index < -0.39 is 40.0 Å². The van der Waals surface area contributed by atoms with E-state index in [4.69, 9.17) is 4.74 Å². The third kappa shape index (κ3) is 14.3. The van der Waals surface area contributed by atoms with E-state index in [-0.39, 0.29) is 25.9 Å². The van der Waals surface area contributed by atoms with Gasteiger partial charge < -0.3 is 20.5 Å². The molecule has 0 aromatic heterocycles. The average Bonchev–Trinajstić information content (AvgIpc) is 2.96. The maximum absolute atomic E-state index is 13.2. The minimum Gasteiger partial charge on any atom is -0.481 e. The van der Waals surface area contributed by atoms with Gasteiger partial charge in [0.25, 0.3) is 10.2 Å². The predicted molar refractivity (Wildman–Crippen MR) is 157 cm³/mol. The lowest BCUT2D eigenvalue weighted by molar-refractivity contribution is -0.141. The van der Waals surface area contributed by atoms with Crippen LogP contribution in [-0.2, 0) is 35.8 Å². The Labute approximate surface area is 245 Å². The molecule has 0 radical (unpaired) electrons. The van der Waals surface area contributed by atoms with Crippen LogP contribution >= 0.6 is 0 Å². The normalized spacial score (nSPS) is 15.6. The maximum Gasteiger partial charge on any atom is 0.304 e. The number of carbonyl (C=O) groups is 3. The number of morpholine rings is 1. The van der Waals surface area contributed by atoms with Gasteiger partial charge in [-0.1, -0.05) is 82.2 Å². The van der Waals surface area contributed by atoms with Crippen LogP contribution < -0.4 is 15.4 Å². The highest BCUT2D eigenvalue weighted by atomic mass is 32.2. The quantitative estimate of drug-likeness (QED) is 0.159. The second-order valence-corrected chi connectivity index (χ2v) is 12.3. The van der Waals surface area contributed by atoms with Gasteiger partial charge in [0.05, 0.1) is 19.6 Å². The summed E-state index contributed by atoms with van der Waals surface area (Å²) in [6.45, 7) is 3.84. The van der Waals surface area contributed by atoms with Crippen LogP contribution in [0.1, 0.15) is 76.7 Å². The van der Waals surface area contributed by atoms with Gasteiger partial charge in [-0.2, -0.15) is 12.7 Å². The molecule has 1 aromatic rings. The fourth-order valence-corrected chi connectivity index (χ4v) is 5.95. The molecular formula is C29H48N4O7S. The zero-order chi connectivity index (χ0) is 29.9. The van der Waals surface area contributed by atoms with Crippen LogP contribution in [0.15, 0.2) is 30.3 Å². The fraction of sp³-hybridized carbons (Fsp3) is 0.690. The number of aliphatic carboxylic acids is 1. The van der Waals surface area contributed by atoms with Crippen molar-refractivity contribution >= 4 is 28.0 Å². The highest BCUT2D eigenvalue weighted by Gasteiger charge is 2.27. The monoisotopic (exact) mass is 596 g/mol. The summed E-state index contributed by atoms with van der Waals surface area (Å²) in [5.41, 5.74) is 0.855. The van der Waals surface area contributed by atoms with Crippen molar-refractivity contribution in [2.75, 3.05) is 39.4 Å². The summed E-state index contributed by atoms with van der Waals surface area (Å²) in [6, 6.07) is 8.39. The van der Waals surface area contributed by atoms with Gasteiger partial charge in [-0.3, -0.25) is 14.4 Å². The molecule has 41 heavy (non-hydrogen) atoms. The van der Waals surface area contributed by atoms with E-state index in [9.17, 15) is 27.9 Å². The first-order chi connectivity index (χ1) is 19.7. The van der Waals surface area contributed by atoms with Crippen LogP contribution in [0.25, 0.3) is 0 Å². The highest BCUT2D eigenvalue weighted by Crippen LogP contribution is 2.17. The molecule has 2 atom stereocenters. The number of carboxylic acids is 1. The number of unbranched alkanes of at least 4 members (excludes halogenated alkanes) is 6. The van der Waals surface area contributed by atoms with E-state index in [0.717, 1.165) is 31.2 Å². The molecule has 1 aliphatic heterocycles. The summed E-state index contributed by atoms with van der Waals surface area (Å²) in [6.07, 6.45) is 8.24. The first kappa shape index (κ1) is 34.7. The summed E-state index contributed by atoms with van der Waals surface area (Å²) in [5, 5.41) is 15.0. The van der Waals surface area contributed by atoms with Crippen LogP contribution in [0.5, 0.6) is 0 Å². The van der Waals surface area contributed by atoms with E-state index in [1.165, 1.54) is 23.6 Å². The van der Waals surface area contributed by atoms with Gasteiger partial charge in [0.15, 0.2) is 0 Å². The number of amides is 2. The van der Waals surface area contributed by atoms with Crippen LogP contribution in [0, 0.1) is 5.92 Å². The van der Waals surface area contributed by atoms with E-state index >= 15 is 0 Å². The number of nitrogens with zero attached hydrogens (tertiary/aromatic N) is 1. The molecule has 1 saturated heterocycles. The molecule has 0 aliphatic carbocycles. The molecule has 0 unspecified atom stereocenters. The minimum atomic E-state index is -3.61. The van der Waals surface area contributed by atoms with E-state index in [2.05, 4.69) is 22.3 Å². The summed E-state index contributed by atoms with van der Waals surface area (Å²) < 4.78 is 33.8. The molecule has 0 bridgehead atoms. The van der Waals surface area contributed by atoms with Crippen molar-refractivity contribution in [2.45, 2.75) is 83.6 Å². The molecule has 1 aromatic carbocycles. The molecule has 12 heteroatoms. The van der Waals surface area contributed by atoms with Crippen molar-refractivity contribution in [1.29, 1.82) is 0 Å². The average molecular weight is 597 g/mol. The van der Waals surface area contributed by atoms with E-state index in [1.54, 1.807) is 0 Å². The molecule has 1 heterocycles. The topological polar surface area (TPSA) is 154 Å². The number of hydrogen-bond donors (Lipinski definition) is 4. The molecule has 11 nitrogen and oxygen atoms in total. The Morgan fingerprint density at radius 2 is 1.59 bits per heavy atom. The molecule has 2 rings (SSSR count). The summed E-state index contributed by atoms with van der Waals surface area (Å²) in [5.74, 6) is -2.60. The van der Waals surface area contributed by atoms with Gasteiger partial charge in [-0.15, -0.1) is 0 Å². The first-order valence-corrected chi connectivity index (χ1v) is 16.3. The summed E-state index contributed by atoms with van der Waals surface area (Å²) in [4.78, 5) is 37.8. The highest BCUT2D eigenvalue weighted by molar-refractivity contribution is 7.87. The van der Waals surface area contributed by atoms with E-state index in [0.29, 0.717) is 39.1 Å². The smallest absolute Gasteiger partial charge is 0.304 e. The maximum atomic E-state index is 13.2. The number of nitrogens with one attached hydrogen (secondary N) is 3. The molecule has 1 fully saturated rings. The van der Waals surface area contributed by atoms with Crippen molar-refractivity contribution in [3.05, 3.63) is 35.9 Å². The van der Waals surface area contributed by atoms with Gasteiger partial charge >= 0.3 is 5.97 Å². The fourth-order valence-electron chi connectivity index (χ4n) is 4.74. The third-order valence-corrected chi connectivity index (χ3v) is 8.72. The van der Waals surface area contributed by atoms with Crippen molar-refractivity contribution in [3.63, 3.8) is 0 Å². The lowest BCUT2D eigenvalue weighted by Gasteiger charge is -2.26. The van der Waals surface area contributed by atoms with Gasteiger partial charge in [0, 0.05) is 38.5 Å². The SMILES string of the molecule is CCCCCCCCC[C@H](CC(=O)O)C(=O)N[C@H](Cc1ccccc1)C(=O)NCCCNS(=O)(=O)N1CCOCC1. The van der Waals surface area contributed by atoms with Crippen LogP contribution in [-0.4, -0.2) is 81.0 Å². The van der Waals surface area contributed by atoms with Crippen LogP contribution in [0.2, 0.25) is 0 Å². The van der Waals surface area contributed by atoms with Gasteiger partial charge in [-0.05, 0) is 18.4 Å². The van der Waals surface area contributed by atoms with Crippen molar-refractivity contribution in [3.8, 4) is 0 Å². The summed E-state index contributed by atoms with van der Waals surface area (Å²) >= 11 is 0. The Kier molecular flexibility index (Phi) is 16.5. The Balaban J connectivity index is 1.90. The number of benzene rings is 1. The molecule has 0 spiro atoms. The second-order valence-electron chi connectivity index (χ2n) is 10.5. The molecule has 2 amide bonds. The Morgan fingerprint density at radius 1 is 0.927 bits per heavy atom. The van der Waals surface area contributed by atoms with Gasteiger partial charge in [-0.25, -0.2) is 4.72 Å². The Bertz CT molecular complexity index is 1020. The molecular weight excluding hydrogens is 548 g/mol. The molecule has 232 valence electrons. The largest absolute Gasteiger partial charge is 0.481 e. The van der Waals surface area contributed by atoms with E-state index in [1.807, 2.05) is 30.3 Å². The standard InChI is InChI=1S/C29H48N4O7S/c1-2-3-4-5-6-7-11-15-25(23-27(34)35)28(36)32-26(22-24-13-9-8-10-14-24)29(37)30-16-12-17-31-41(38,39)33-18-20-40-21-19-33/h8-10,13-14,25-26,31H,2-7,11-12,15-23H2,1H3,(H,30,37)(H,32,36)(H,34,35)/t25-,26-/m1/s1. The number of hydrogen-bond acceptors (Lipinski definition) is 6. The number of carboxylic acid groups (broad SMARTS) is 1. The lowest BCUT2D eigenvalue weighted by Crippen LogP contribution is -2.50. The Hall–Kier alpha value is -2.54. The molecule has 4 N–H and O–H groups in total. The molecule has 0 saturated carbocycles. The van der Waals surface area contributed by atoms with Gasteiger partial charge in [0.1, 0.15) is 6.04 Å². The number of ether oxygens (including phenoxy) is 1. The first-order valence-electron chi connectivity index (χ1n) is 14.9. The molecule has 1 aliphatic rings.